The Morgan fingerprint density at radius 2 is 2.16 bits per heavy atom. The van der Waals surface area contributed by atoms with E-state index in [4.69, 9.17) is 23.2 Å². The molecule has 0 spiro atoms. The monoisotopic (exact) mass is 298 g/mol. The van der Waals surface area contributed by atoms with E-state index >= 15 is 0 Å². The molecule has 4 heteroatoms. The molecule has 0 bridgehead atoms. The van der Waals surface area contributed by atoms with E-state index in [-0.39, 0.29) is 5.54 Å². The molecule has 1 unspecified atom stereocenters. The summed E-state index contributed by atoms with van der Waals surface area (Å²) in [6, 6.07) is 5.72. The van der Waals surface area contributed by atoms with Crippen molar-refractivity contribution in [2.24, 2.45) is 5.92 Å². The Labute approximate surface area is 125 Å². The summed E-state index contributed by atoms with van der Waals surface area (Å²) in [6.45, 7) is 6.48. The van der Waals surface area contributed by atoms with Crippen LogP contribution in [-0.2, 0) is 6.54 Å². The number of nitrogens with one attached hydrogen (secondary N) is 1. The Balaban J connectivity index is 1.70. The maximum atomic E-state index is 6.26. The standard InChI is InChI=1S/C15H20Cl2N2/c1-15(12-2-3-12)10-19(7-6-18-15)9-11-8-13(16)4-5-14(11)17/h4-5,8,12,18H,2-3,6-7,9-10H2,1H3. The lowest BCUT2D eigenvalue weighted by Crippen LogP contribution is -2.59. The Morgan fingerprint density at radius 3 is 2.89 bits per heavy atom. The third kappa shape index (κ3) is 3.08. The first-order valence-corrected chi connectivity index (χ1v) is 7.74. The van der Waals surface area contributed by atoms with Gasteiger partial charge in [-0.05, 0) is 49.4 Å². The zero-order valence-electron chi connectivity index (χ0n) is 11.3. The minimum atomic E-state index is 0.281. The second-order valence-corrected chi connectivity index (χ2v) is 6.91. The molecule has 19 heavy (non-hydrogen) atoms. The summed E-state index contributed by atoms with van der Waals surface area (Å²) in [5, 5.41) is 5.28. The zero-order valence-corrected chi connectivity index (χ0v) is 12.8. The van der Waals surface area contributed by atoms with Crippen LogP contribution in [0.3, 0.4) is 0 Å². The Kier molecular flexibility index (Phi) is 3.78. The van der Waals surface area contributed by atoms with Crippen molar-refractivity contribution in [1.82, 2.24) is 10.2 Å². The van der Waals surface area contributed by atoms with Gasteiger partial charge in [-0.15, -0.1) is 0 Å². The van der Waals surface area contributed by atoms with Crippen molar-refractivity contribution in [3.63, 3.8) is 0 Å². The number of benzene rings is 1. The van der Waals surface area contributed by atoms with Gasteiger partial charge in [-0.3, -0.25) is 4.90 Å². The summed E-state index contributed by atoms with van der Waals surface area (Å²) in [7, 11) is 0. The van der Waals surface area contributed by atoms with Crippen molar-refractivity contribution in [2.45, 2.75) is 31.8 Å². The number of piperazine rings is 1. The van der Waals surface area contributed by atoms with E-state index in [0.717, 1.165) is 47.7 Å². The Bertz CT molecular complexity index is 473. The molecule has 2 nitrogen and oxygen atoms in total. The van der Waals surface area contributed by atoms with Gasteiger partial charge in [0.25, 0.3) is 0 Å². The summed E-state index contributed by atoms with van der Waals surface area (Å²) < 4.78 is 0. The van der Waals surface area contributed by atoms with Crippen molar-refractivity contribution < 1.29 is 0 Å². The van der Waals surface area contributed by atoms with Crippen LogP contribution in [0.5, 0.6) is 0 Å². The molecule has 0 aromatic heterocycles. The van der Waals surface area contributed by atoms with Crippen molar-refractivity contribution in [3.8, 4) is 0 Å². The van der Waals surface area contributed by atoms with Crippen LogP contribution in [0.2, 0.25) is 10.0 Å². The van der Waals surface area contributed by atoms with Gasteiger partial charge in [0.15, 0.2) is 0 Å². The molecule has 1 saturated carbocycles. The minimum Gasteiger partial charge on any atom is -0.309 e. The van der Waals surface area contributed by atoms with Crippen molar-refractivity contribution in [3.05, 3.63) is 33.8 Å². The van der Waals surface area contributed by atoms with Gasteiger partial charge < -0.3 is 5.32 Å². The first kappa shape index (κ1) is 13.7. The average Bonchev–Trinajstić information content (AvgIpc) is 3.18. The van der Waals surface area contributed by atoms with E-state index in [2.05, 4.69) is 17.1 Å². The van der Waals surface area contributed by atoms with Gasteiger partial charge in [0.05, 0.1) is 0 Å². The average molecular weight is 299 g/mol. The van der Waals surface area contributed by atoms with E-state index in [1.807, 2.05) is 18.2 Å². The lowest BCUT2D eigenvalue weighted by Gasteiger charge is -2.42. The van der Waals surface area contributed by atoms with E-state index in [1.165, 1.54) is 12.8 Å². The smallest absolute Gasteiger partial charge is 0.0452 e. The maximum absolute atomic E-state index is 6.26. The van der Waals surface area contributed by atoms with Crippen molar-refractivity contribution >= 4 is 23.2 Å². The summed E-state index contributed by atoms with van der Waals surface area (Å²) in [4.78, 5) is 2.49. The molecular weight excluding hydrogens is 279 g/mol. The van der Waals surface area contributed by atoms with Gasteiger partial charge in [0.2, 0.25) is 0 Å². The third-order valence-electron chi connectivity index (χ3n) is 4.39. The van der Waals surface area contributed by atoms with Gasteiger partial charge >= 0.3 is 0 Å². The molecule has 1 aromatic carbocycles. The third-order valence-corrected chi connectivity index (χ3v) is 4.99. The highest BCUT2D eigenvalue weighted by Crippen LogP contribution is 2.41. The van der Waals surface area contributed by atoms with Crippen molar-refractivity contribution in [1.29, 1.82) is 0 Å². The molecule has 1 N–H and O–H groups in total. The molecule has 1 aliphatic heterocycles. The Hall–Kier alpha value is -0.280. The van der Waals surface area contributed by atoms with Crippen LogP contribution in [0, 0.1) is 5.92 Å². The SMILES string of the molecule is CC1(C2CC2)CN(Cc2cc(Cl)ccc2Cl)CCN1. The molecule has 1 heterocycles. The molecule has 1 atom stereocenters. The summed E-state index contributed by atoms with van der Waals surface area (Å²) in [5.41, 5.74) is 1.41. The highest BCUT2D eigenvalue weighted by molar-refractivity contribution is 6.33. The van der Waals surface area contributed by atoms with E-state index in [1.54, 1.807) is 0 Å². The second kappa shape index (κ2) is 5.25. The highest BCUT2D eigenvalue weighted by atomic mass is 35.5. The number of halogens is 2. The van der Waals surface area contributed by atoms with Gasteiger partial charge in [-0.2, -0.15) is 0 Å². The fourth-order valence-electron chi connectivity index (χ4n) is 3.13. The maximum Gasteiger partial charge on any atom is 0.0452 e. The summed E-state index contributed by atoms with van der Waals surface area (Å²) >= 11 is 12.3. The first-order chi connectivity index (χ1) is 9.07. The van der Waals surface area contributed by atoms with Gasteiger partial charge in [0.1, 0.15) is 0 Å². The minimum absolute atomic E-state index is 0.281. The largest absolute Gasteiger partial charge is 0.309 e. The molecule has 1 saturated heterocycles. The molecule has 0 radical (unpaired) electrons. The zero-order chi connectivity index (χ0) is 13.5. The normalized spacial score (nSPS) is 28.6. The van der Waals surface area contributed by atoms with Crippen LogP contribution in [0.25, 0.3) is 0 Å². The van der Waals surface area contributed by atoms with E-state index in [9.17, 15) is 0 Å². The first-order valence-electron chi connectivity index (χ1n) is 6.98. The fraction of sp³-hybridized carbons (Fsp3) is 0.600. The molecule has 1 aromatic rings. The number of hydrogen-bond donors (Lipinski definition) is 1. The summed E-state index contributed by atoms with van der Waals surface area (Å²) in [5.74, 6) is 0.852. The molecular formula is C15H20Cl2N2. The molecule has 2 aliphatic rings. The molecule has 1 aliphatic carbocycles. The van der Waals surface area contributed by atoms with Crippen LogP contribution in [0.1, 0.15) is 25.3 Å². The molecule has 104 valence electrons. The number of nitrogens with zero attached hydrogens (tertiary/aromatic N) is 1. The van der Waals surface area contributed by atoms with Crippen LogP contribution in [0.15, 0.2) is 18.2 Å². The quantitative estimate of drug-likeness (QED) is 0.918. The number of rotatable bonds is 3. The molecule has 3 rings (SSSR count). The second-order valence-electron chi connectivity index (χ2n) is 6.06. The molecule has 2 fully saturated rings. The predicted octanol–water partition coefficient (Wildman–Crippen LogP) is 3.57. The summed E-state index contributed by atoms with van der Waals surface area (Å²) in [6.07, 6.45) is 2.74. The fourth-order valence-corrected chi connectivity index (χ4v) is 3.51. The van der Waals surface area contributed by atoms with Gasteiger partial charge in [-0.25, -0.2) is 0 Å². The lowest BCUT2D eigenvalue weighted by atomic mass is 9.92. The highest BCUT2D eigenvalue weighted by Gasteiger charge is 2.43. The van der Waals surface area contributed by atoms with Crippen LogP contribution in [-0.4, -0.2) is 30.1 Å². The van der Waals surface area contributed by atoms with Gasteiger partial charge in [-0.1, -0.05) is 23.2 Å². The van der Waals surface area contributed by atoms with Gasteiger partial charge in [0, 0.05) is 41.8 Å². The van der Waals surface area contributed by atoms with Crippen LogP contribution < -0.4 is 5.32 Å². The Morgan fingerprint density at radius 1 is 1.37 bits per heavy atom. The van der Waals surface area contributed by atoms with E-state index < -0.39 is 0 Å². The predicted molar refractivity (Wildman–Crippen MR) is 80.9 cm³/mol. The van der Waals surface area contributed by atoms with E-state index in [0.29, 0.717) is 0 Å². The lowest BCUT2D eigenvalue weighted by molar-refractivity contribution is 0.121. The number of hydrogen-bond acceptors (Lipinski definition) is 2. The van der Waals surface area contributed by atoms with Crippen LogP contribution in [0.4, 0.5) is 0 Å². The van der Waals surface area contributed by atoms with Crippen LogP contribution >= 0.6 is 23.2 Å². The van der Waals surface area contributed by atoms with Crippen molar-refractivity contribution in [2.75, 3.05) is 19.6 Å². The molecule has 0 amide bonds. The topological polar surface area (TPSA) is 15.3 Å².